The summed E-state index contributed by atoms with van der Waals surface area (Å²) in [5.74, 6) is -0.892. The Kier molecular flexibility index (Phi) is 4.21. The van der Waals surface area contributed by atoms with Gasteiger partial charge in [0, 0.05) is 16.8 Å². The topological polar surface area (TPSA) is 33.2 Å². The average Bonchev–Trinajstić information content (AvgIpc) is 2.77. The normalized spacial score (nSPS) is 10.5. The smallest absolute Gasteiger partial charge is 0.256 e. The zero-order valence-corrected chi connectivity index (χ0v) is 12.3. The second-order valence-corrected chi connectivity index (χ2v) is 5.64. The number of halogens is 1. The number of amides is 1. The number of aryl methyl sites for hydroxylation is 1. The van der Waals surface area contributed by atoms with Gasteiger partial charge in [0.05, 0.1) is 23.3 Å². The van der Waals surface area contributed by atoms with E-state index in [0.29, 0.717) is 11.4 Å². The van der Waals surface area contributed by atoms with E-state index in [2.05, 4.69) is 17.6 Å². The first-order valence-corrected chi connectivity index (χ1v) is 6.94. The lowest BCUT2D eigenvalue weighted by Gasteiger charge is -2.17. The van der Waals surface area contributed by atoms with Gasteiger partial charge in [-0.15, -0.1) is 24.0 Å². The van der Waals surface area contributed by atoms with E-state index < -0.39 is 5.82 Å². The lowest BCUT2D eigenvalue weighted by molar-refractivity contribution is 0.0781. The fraction of sp³-hybridized carbons (Fsp3) is 0.231. The van der Waals surface area contributed by atoms with E-state index in [9.17, 15) is 9.18 Å². The molecule has 0 spiro atoms. The molecule has 0 aliphatic heterocycles. The van der Waals surface area contributed by atoms with Gasteiger partial charge in [-0.05, 0) is 25.1 Å². The molecule has 19 heavy (non-hydrogen) atoms. The molecule has 2 rings (SSSR count). The van der Waals surface area contributed by atoms with Gasteiger partial charge in [0.25, 0.3) is 5.91 Å². The van der Waals surface area contributed by atoms with Crippen molar-refractivity contribution in [2.45, 2.75) is 18.4 Å². The second-order valence-electron chi connectivity index (χ2n) is 4.19. The number of hydrogen-bond acceptors (Lipinski definition) is 4. The second kappa shape index (κ2) is 5.71. The Labute approximate surface area is 120 Å². The zero-order valence-electron chi connectivity index (χ0n) is 10.6. The summed E-state index contributed by atoms with van der Waals surface area (Å²) in [6.07, 6.45) is 0. The van der Waals surface area contributed by atoms with Crippen molar-refractivity contribution in [3.05, 3.63) is 45.7 Å². The van der Waals surface area contributed by atoms with Crippen LogP contribution in [0.5, 0.6) is 0 Å². The van der Waals surface area contributed by atoms with Gasteiger partial charge in [-0.2, -0.15) is 0 Å². The number of aromatic nitrogens is 1. The van der Waals surface area contributed by atoms with E-state index in [4.69, 9.17) is 0 Å². The van der Waals surface area contributed by atoms with Crippen molar-refractivity contribution in [2.24, 2.45) is 0 Å². The van der Waals surface area contributed by atoms with E-state index >= 15 is 0 Å². The van der Waals surface area contributed by atoms with Gasteiger partial charge in [-0.25, -0.2) is 9.37 Å². The molecule has 1 heterocycles. The summed E-state index contributed by atoms with van der Waals surface area (Å²) < 4.78 is 13.6. The third-order valence-corrected chi connectivity index (χ3v) is 3.95. The van der Waals surface area contributed by atoms with Crippen molar-refractivity contribution in [1.29, 1.82) is 0 Å². The van der Waals surface area contributed by atoms with Crippen LogP contribution in [0, 0.1) is 12.7 Å². The fourth-order valence-corrected chi connectivity index (χ4v) is 2.68. The molecule has 0 atom stereocenters. The monoisotopic (exact) mass is 296 g/mol. The van der Waals surface area contributed by atoms with E-state index in [1.165, 1.54) is 34.4 Å². The molecule has 1 amide bonds. The molecule has 0 bridgehead atoms. The van der Waals surface area contributed by atoms with Crippen LogP contribution in [-0.2, 0) is 6.54 Å². The molecule has 0 saturated heterocycles. The maximum Gasteiger partial charge on any atom is 0.256 e. The van der Waals surface area contributed by atoms with Crippen LogP contribution in [0.3, 0.4) is 0 Å². The number of carbonyl (C=O) groups excluding carboxylic acids is 1. The van der Waals surface area contributed by atoms with Crippen molar-refractivity contribution in [3.63, 3.8) is 0 Å². The van der Waals surface area contributed by atoms with Crippen LogP contribution in [0.4, 0.5) is 4.39 Å². The number of hydrogen-bond donors (Lipinski definition) is 1. The molecule has 0 aliphatic carbocycles. The Balaban J connectivity index is 2.19. The first-order valence-electron chi connectivity index (χ1n) is 5.62. The third-order valence-electron chi connectivity index (χ3n) is 2.75. The number of rotatable bonds is 3. The Morgan fingerprint density at radius 3 is 2.89 bits per heavy atom. The van der Waals surface area contributed by atoms with Gasteiger partial charge in [-0.3, -0.25) is 4.79 Å². The van der Waals surface area contributed by atoms with Crippen LogP contribution in [0.15, 0.2) is 28.6 Å². The summed E-state index contributed by atoms with van der Waals surface area (Å²) >= 11 is 5.61. The van der Waals surface area contributed by atoms with Crippen LogP contribution < -0.4 is 0 Å². The van der Waals surface area contributed by atoms with Crippen LogP contribution in [0.25, 0.3) is 0 Å². The van der Waals surface area contributed by atoms with Crippen LogP contribution in [-0.4, -0.2) is 22.8 Å². The predicted molar refractivity (Wildman–Crippen MR) is 76.3 cm³/mol. The lowest BCUT2D eigenvalue weighted by Crippen LogP contribution is -2.27. The van der Waals surface area contributed by atoms with Crippen molar-refractivity contribution in [1.82, 2.24) is 9.88 Å². The van der Waals surface area contributed by atoms with Crippen LogP contribution >= 0.6 is 24.0 Å². The predicted octanol–water partition coefficient (Wildman–Crippen LogP) is 3.15. The Hall–Kier alpha value is -1.40. The molecule has 2 aromatic rings. The van der Waals surface area contributed by atoms with Gasteiger partial charge in [0.2, 0.25) is 0 Å². The van der Waals surface area contributed by atoms with E-state index in [1.54, 1.807) is 12.6 Å². The molecule has 0 unspecified atom stereocenters. The maximum atomic E-state index is 13.6. The number of thiazole rings is 1. The highest BCUT2D eigenvalue weighted by Gasteiger charge is 2.17. The fourth-order valence-electron chi connectivity index (χ4n) is 1.65. The Morgan fingerprint density at radius 2 is 2.26 bits per heavy atom. The molecule has 0 radical (unpaired) electrons. The van der Waals surface area contributed by atoms with Crippen LogP contribution in [0.2, 0.25) is 0 Å². The summed E-state index contributed by atoms with van der Waals surface area (Å²) in [4.78, 5) is 19.4. The minimum Gasteiger partial charge on any atom is -0.336 e. The standard InChI is InChI=1S/C13H13FN2OS2/c1-8-12(19-7-15-8)6-16(2)13(17)10-5-9(18)3-4-11(10)14/h3-5,7,18H,6H2,1-2H3. The first-order chi connectivity index (χ1) is 8.99. The van der Waals surface area contributed by atoms with E-state index in [-0.39, 0.29) is 11.5 Å². The molecule has 0 saturated carbocycles. The molecule has 0 N–H and O–H groups in total. The number of benzene rings is 1. The quantitative estimate of drug-likeness (QED) is 0.883. The van der Waals surface area contributed by atoms with Gasteiger partial charge in [-0.1, -0.05) is 0 Å². The van der Waals surface area contributed by atoms with Gasteiger partial charge < -0.3 is 4.90 Å². The summed E-state index contributed by atoms with van der Waals surface area (Å²) in [5.41, 5.74) is 2.67. The molecule has 1 aromatic carbocycles. The molecular weight excluding hydrogens is 283 g/mol. The lowest BCUT2D eigenvalue weighted by atomic mass is 10.2. The first kappa shape index (κ1) is 14.0. The van der Waals surface area contributed by atoms with Crippen molar-refractivity contribution in [2.75, 3.05) is 7.05 Å². The largest absolute Gasteiger partial charge is 0.336 e. The number of nitrogens with zero attached hydrogens (tertiary/aromatic N) is 2. The van der Waals surface area contributed by atoms with Gasteiger partial charge >= 0.3 is 0 Å². The van der Waals surface area contributed by atoms with Crippen LogP contribution in [0.1, 0.15) is 20.9 Å². The summed E-state index contributed by atoms with van der Waals surface area (Å²) in [6.45, 7) is 2.31. The highest BCUT2D eigenvalue weighted by atomic mass is 32.1. The zero-order chi connectivity index (χ0) is 14.0. The molecule has 1 aromatic heterocycles. The summed E-state index contributed by atoms with van der Waals surface area (Å²) in [6, 6.07) is 4.21. The van der Waals surface area contributed by atoms with Crippen molar-refractivity contribution < 1.29 is 9.18 Å². The molecule has 3 nitrogen and oxygen atoms in total. The summed E-state index contributed by atoms with van der Waals surface area (Å²) in [5, 5.41) is 0. The van der Waals surface area contributed by atoms with Gasteiger partial charge in [0.1, 0.15) is 5.82 Å². The Bertz CT molecular complexity index is 612. The van der Waals surface area contributed by atoms with E-state index in [1.807, 2.05) is 6.92 Å². The minimum absolute atomic E-state index is 0.0390. The summed E-state index contributed by atoms with van der Waals surface area (Å²) in [7, 11) is 1.64. The SMILES string of the molecule is Cc1ncsc1CN(C)C(=O)c1cc(S)ccc1F. The van der Waals surface area contributed by atoms with Gasteiger partial charge in [0.15, 0.2) is 0 Å². The maximum absolute atomic E-state index is 13.6. The highest BCUT2D eigenvalue weighted by Crippen LogP contribution is 2.18. The van der Waals surface area contributed by atoms with Crippen molar-refractivity contribution in [3.8, 4) is 0 Å². The Morgan fingerprint density at radius 1 is 1.53 bits per heavy atom. The molecule has 100 valence electrons. The molecule has 6 heteroatoms. The van der Waals surface area contributed by atoms with Crippen molar-refractivity contribution >= 4 is 29.9 Å². The molecule has 0 aliphatic rings. The third kappa shape index (κ3) is 3.13. The molecule has 0 fully saturated rings. The number of carbonyl (C=O) groups is 1. The minimum atomic E-state index is -0.532. The average molecular weight is 296 g/mol. The van der Waals surface area contributed by atoms with E-state index in [0.717, 1.165) is 10.6 Å². The molecular formula is C13H13FN2OS2. The highest BCUT2D eigenvalue weighted by molar-refractivity contribution is 7.80. The number of thiol groups is 1.